The van der Waals surface area contributed by atoms with E-state index in [-0.39, 0.29) is 5.43 Å². The molecule has 3 heterocycles. The van der Waals surface area contributed by atoms with E-state index in [4.69, 9.17) is 0 Å². The van der Waals surface area contributed by atoms with Crippen molar-refractivity contribution in [3.8, 4) is 0 Å². The topological polar surface area (TPSA) is 70.7 Å². The summed E-state index contributed by atoms with van der Waals surface area (Å²) in [6.07, 6.45) is 3.10. The van der Waals surface area contributed by atoms with Gasteiger partial charge in [-0.1, -0.05) is 0 Å². The number of aromatic amines is 1. The van der Waals surface area contributed by atoms with Crippen LogP contribution < -0.4 is 10.7 Å². The molecule has 17 heavy (non-hydrogen) atoms. The molecule has 5 nitrogen and oxygen atoms in total. The van der Waals surface area contributed by atoms with Crippen LogP contribution in [0.25, 0.3) is 10.2 Å². The number of aromatic nitrogens is 3. The molecule has 3 aromatic heterocycles. The van der Waals surface area contributed by atoms with Crippen molar-refractivity contribution in [3.05, 3.63) is 46.3 Å². The van der Waals surface area contributed by atoms with Crippen molar-refractivity contribution in [3.63, 3.8) is 0 Å². The molecule has 0 aliphatic rings. The van der Waals surface area contributed by atoms with Gasteiger partial charge in [-0.15, -0.1) is 11.3 Å². The molecule has 0 aromatic carbocycles. The first-order chi connectivity index (χ1) is 8.33. The van der Waals surface area contributed by atoms with Gasteiger partial charge < -0.3 is 10.3 Å². The quantitative estimate of drug-likeness (QED) is 0.724. The maximum absolute atomic E-state index is 11.2. The number of rotatable bonds is 2. The first-order valence-corrected chi connectivity index (χ1v) is 5.85. The first-order valence-electron chi connectivity index (χ1n) is 4.97. The van der Waals surface area contributed by atoms with E-state index >= 15 is 0 Å². The van der Waals surface area contributed by atoms with Crippen molar-refractivity contribution in [2.24, 2.45) is 0 Å². The largest absolute Gasteiger partial charge is 0.348 e. The Bertz CT molecular complexity index is 718. The van der Waals surface area contributed by atoms with Gasteiger partial charge in [0, 0.05) is 18.3 Å². The molecule has 0 aliphatic carbocycles. The Morgan fingerprint density at radius 2 is 2.24 bits per heavy atom. The van der Waals surface area contributed by atoms with Gasteiger partial charge in [0.05, 0.1) is 5.39 Å². The second-order valence-electron chi connectivity index (χ2n) is 3.42. The fourth-order valence-electron chi connectivity index (χ4n) is 1.54. The van der Waals surface area contributed by atoms with E-state index in [0.717, 1.165) is 10.2 Å². The highest BCUT2D eigenvalue weighted by Gasteiger charge is 2.04. The van der Waals surface area contributed by atoms with Crippen molar-refractivity contribution in [1.82, 2.24) is 15.0 Å². The van der Waals surface area contributed by atoms with Crippen molar-refractivity contribution in [2.45, 2.75) is 0 Å². The average molecular weight is 244 g/mol. The van der Waals surface area contributed by atoms with E-state index in [1.807, 2.05) is 11.4 Å². The summed E-state index contributed by atoms with van der Waals surface area (Å²) in [5.41, 5.74) is -0.0538. The molecule has 0 fully saturated rings. The normalized spacial score (nSPS) is 10.6. The minimum atomic E-state index is -0.0538. The minimum absolute atomic E-state index is 0.0538. The van der Waals surface area contributed by atoms with Gasteiger partial charge in [0.2, 0.25) is 0 Å². The lowest BCUT2D eigenvalue weighted by Gasteiger charge is -2.05. The minimum Gasteiger partial charge on any atom is -0.348 e. The van der Waals surface area contributed by atoms with Crippen LogP contribution in [-0.4, -0.2) is 15.0 Å². The summed E-state index contributed by atoms with van der Waals surface area (Å²) in [5.74, 6) is 1.31. The van der Waals surface area contributed by atoms with Crippen LogP contribution >= 0.6 is 11.3 Å². The third-order valence-corrected chi connectivity index (χ3v) is 3.11. The highest BCUT2D eigenvalue weighted by atomic mass is 32.1. The van der Waals surface area contributed by atoms with Crippen LogP contribution in [-0.2, 0) is 0 Å². The molecular weight excluding hydrogens is 236 g/mol. The van der Waals surface area contributed by atoms with Crippen LogP contribution in [0, 0.1) is 0 Å². The van der Waals surface area contributed by atoms with Crippen molar-refractivity contribution >= 4 is 33.2 Å². The fraction of sp³-hybridized carbons (Fsp3) is 0. The van der Waals surface area contributed by atoms with Crippen molar-refractivity contribution in [2.75, 3.05) is 5.32 Å². The van der Waals surface area contributed by atoms with E-state index in [1.54, 1.807) is 17.5 Å². The number of hydrogen-bond acceptors (Lipinski definition) is 5. The number of nitrogens with zero attached hydrogens (tertiary/aromatic N) is 2. The Morgan fingerprint density at radius 1 is 1.29 bits per heavy atom. The predicted molar refractivity (Wildman–Crippen MR) is 67.8 cm³/mol. The van der Waals surface area contributed by atoms with Crippen molar-refractivity contribution < 1.29 is 0 Å². The van der Waals surface area contributed by atoms with Gasteiger partial charge in [-0.05, 0) is 11.4 Å². The molecule has 0 bridgehead atoms. The molecule has 3 rings (SSSR count). The van der Waals surface area contributed by atoms with Crippen LogP contribution in [0.15, 0.2) is 40.9 Å². The molecular formula is C11H8N4OS. The van der Waals surface area contributed by atoms with Crippen LogP contribution in [0.2, 0.25) is 0 Å². The van der Waals surface area contributed by atoms with Gasteiger partial charge in [-0.3, -0.25) is 4.79 Å². The smallest absolute Gasteiger partial charge is 0.183 e. The maximum Gasteiger partial charge on any atom is 0.183 e. The number of pyridine rings is 1. The Hall–Kier alpha value is -2.21. The van der Waals surface area contributed by atoms with Crippen LogP contribution in [0.5, 0.6) is 0 Å². The Balaban J connectivity index is 2.05. The summed E-state index contributed by atoms with van der Waals surface area (Å²) in [4.78, 5) is 23.4. The van der Waals surface area contributed by atoms with Gasteiger partial charge in [0.15, 0.2) is 5.43 Å². The number of nitrogens with one attached hydrogen (secondary N) is 2. The number of thiophene rings is 1. The summed E-state index contributed by atoms with van der Waals surface area (Å²) in [6, 6.07) is 4.90. The number of fused-ring (bicyclic) bond motifs is 1. The summed E-state index contributed by atoms with van der Waals surface area (Å²) in [7, 11) is 0. The zero-order valence-electron chi connectivity index (χ0n) is 8.68. The molecule has 0 atom stereocenters. The summed E-state index contributed by atoms with van der Waals surface area (Å²) >= 11 is 1.55. The van der Waals surface area contributed by atoms with E-state index in [1.165, 1.54) is 18.5 Å². The van der Waals surface area contributed by atoms with Gasteiger partial charge >= 0.3 is 0 Å². The molecule has 0 radical (unpaired) electrons. The number of H-pyrrole nitrogens is 1. The standard InChI is InChI=1S/C11H8N4OS/c16-7-1-3-12-9(5-7)15-10-8-2-4-17-11(8)14-6-13-10/h1-6H,(H2,12,13,14,15,16). The molecule has 3 aromatic rings. The van der Waals surface area contributed by atoms with E-state index in [9.17, 15) is 4.79 Å². The van der Waals surface area contributed by atoms with Gasteiger partial charge in [-0.25, -0.2) is 9.97 Å². The number of hydrogen-bond donors (Lipinski definition) is 2. The van der Waals surface area contributed by atoms with Gasteiger partial charge in [0.1, 0.15) is 22.8 Å². The lowest BCUT2D eigenvalue weighted by Crippen LogP contribution is -2.02. The third kappa shape index (κ3) is 1.90. The van der Waals surface area contributed by atoms with Crippen LogP contribution in [0.3, 0.4) is 0 Å². The summed E-state index contributed by atoms with van der Waals surface area (Å²) < 4.78 is 0. The fourth-order valence-corrected chi connectivity index (χ4v) is 2.27. The summed E-state index contributed by atoms with van der Waals surface area (Å²) in [6.45, 7) is 0. The third-order valence-electron chi connectivity index (χ3n) is 2.29. The first kappa shape index (κ1) is 9.98. The van der Waals surface area contributed by atoms with E-state index in [0.29, 0.717) is 11.6 Å². The highest BCUT2D eigenvalue weighted by Crippen LogP contribution is 2.25. The molecule has 0 unspecified atom stereocenters. The molecule has 0 spiro atoms. The maximum atomic E-state index is 11.2. The predicted octanol–water partition coefficient (Wildman–Crippen LogP) is 2.12. The second-order valence-corrected chi connectivity index (χ2v) is 4.32. The monoisotopic (exact) mass is 244 g/mol. The zero-order valence-corrected chi connectivity index (χ0v) is 9.49. The lowest BCUT2D eigenvalue weighted by molar-refractivity contribution is 1.21. The highest BCUT2D eigenvalue weighted by molar-refractivity contribution is 7.16. The Kier molecular flexibility index (Phi) is 2.34. The molecule has 6 heteroatoms. The Morgan fingerprint density at radius 3 is 3.12 bits per heavy atom. The van der Waals surface area contributed by atoms with Crippen LogP contribution in [0.4, 0.5) is 11.6 Å². The van der Waals surface area contributed by atoms with E-state index in [2.05, 4.69) is 20.3 Å². The zero-order chi connectivity index (χ0) is 11.7. The molecule has 2 N–H and O–H groups in total. The molecule has 0 aliphatic heterocycles. The van der Waals surface area contributed by atoms with Gasteiger partial charge in [-0.2, -0.15) is 0 Å². The molecule has 0 saturated heterocycles. The second kappa shape index (κ2) is 3.99. The molecule has 0 amide bonds. The SMILES string of the molecule is O=c1cc[nH]c(Nc2ncnc3sccc23)c1. The number of anilines is 2. The summed E-state index contributed by atoms with van der Waals surface area (Å²) in [5, 5.41) is 5.98. The molecule has 0 saturated carbocycles. The van der Waals surface area contributed by atoms with Crippen molar-refractivity contribution in [1.29, 1.82) is 0 Å². The average Bonchev–Trinajstić information content (AvgIpc) is 2.78. The van der Waals surface area contributed by atoms with Gasteiger partial charge in [0.25, 0.3) is 0 Å². The van der Waals surface area contributed by atoms with E-state index < -0.39 is 0 Å². The lowest BCUT2D eigenvalue weighted by atomic mass is 10.3. The Labute approximate surface area is 100 Å². The molecule has 84 valence electrons. The van der Waals surface area contributed by atoms with Crippen LogP contribution in [0.1, 0.15) is 0 Å².